The number of nitrogens with zero attached hydrogens (tertiary/aromatic N) is 2. The molecule has 3 heterocycles. The molecule has 6 aromatic rings. The van der Waals surface area contributed by atoms with E-state index < -0.39 is 7.53 Å². The lowest BCUT2D eigenvalue weighted by atomic mass is 10.0. The molecule has 6 rings (SSSR count). The summed E-state index contributed by atoms with van der Waals surface area (Å²) in [4.78, 5) is 8.92. The van der Waals surface area contributed by atoms with Crippen LogP contribution in [0.5, 0.6) is 11.6 Å². The molecular weight excluding hydrogens is 411 g/mol. The Morgan fingerprint density at radius 3 is 2.41 bits per heavy atom. The van der Waals surface area contributed by atoms with Crippen molar-refractivity contribution in [3.05, 3.63) is 115 Å². The van der Waals surface area contributed by atoms with Crippen LogP contribution >= 0.6 is 7.53 Å². The fourth-order valence-corrected chi connectivity index (χ4v) is 6.65. The number of benzene rings is 3. The summed E-state index contributed by atoms with van der Waals surface area (Å²) >= 11 is 0. The van der Waals surface area contributed by atoms with Crippen molar-refractivity contribution in [2.75, 3.05) is 0 Å². The first-order chi connectivity index (χ1) is 16.3. The second-order valence-electron chi connectivity index (χ2n) is 7.50. The number of ether oxygens (including phenoxy) is 1. The molecule has 3 aromatic carbocycles. The fraction of sp³-hybridized carbons (Fsp3) is 0. The minimum atomic E-state index is -0.703. The summed E-state index contributed by atoms with van der Waals surface area (Å²) in [7, 11) is -0.703. The van der Waals surface area contributed by atoms with E-state index in [1.165, 1.54) is 21.0 Å². The van der Waals surface area contributed by atoms with Gasteiger partial charge in [-0.25, -0.2) is 4.98 Å². The molecule has 0 aliphatic carbocycles. The van der Waals surface area contributed by atoms with Gasteiger partial charge in [0.15, 0.2) is 0 Å². The van der Waals surface area contributed by atoms with Crippen molar-refractivity contribution in [3.63, 3.8) is 0 Å². The summed E-state index contributed by atoms with van der Waals surface area (Å²) < 4.78 is 13.7. The van der Waals surface area contributed by atoms with Crippen LogP contribution in [-0.2, 0) is 0 Å². The summed E-state index contributed by atoms with van der Waals surface area (Å²) in [6, 6.07) is 33.2. The maximum Gasteiger partial charge on any atom is 0.219 e. The summed E-state index contributed by atoms with van der Waals surface area (Å²) in [6.45, 7) is 0. The molecule has 0 N–H and O–H groups in total. The van der Waals surface area contributed by atoms with E-state index in [0.29, 0.717) is 17.7 Å². The summed E-state index contributed by atoms with van der Waals surface area (Å²) in [5, 5.41) is 5.28. The van der Waals surface area contributed by atoms with Crippen LogP contribution in [-0.4, -0.2) is 9.97 Å². The molecule has 152 valence electrons. The van der Waals surface area contributed by atoms with E-state index in [-0.39, 0.29) is 0 Å². The van der Waals surface area contributed by atoms with Crippen LogP contribution in [0.2, 0.25) is 0 Å². The van der Waals surface area contributed by atoms with Gasteiger partial charge < -0.3 is 4.74 Å². The predicted molar refractivity (Wildman–Crippen MR) is 133 cm³/mol. The first kappa shape index (κ1) is 17.7. The molecule has 0 amide bonds. The first-order valence-electron chi connectivity index (χ1n) is 10.9. The van der Waals surface area contributed by atoms with Crippen LogP contribution in [0.3, 0.4) is 0 Å². The number of pyridine rings is 2. The van der Waals surface area contributed by atoms with Gasteiger partial charge in [0.2, 0.25) is 5.88 Å². The Bertz CT molecular complexity index is 1610. The minimum Gasteiger partial charge on any atom is -0.439 e. The van der Waals surface area contributed by atoms with Crippen molar-refractivity contribution >= 4 is 28.5 Å². The van der Waals surface area contributed by atoms with Crippen molar-refractivity contribution in [1.82, 2.24) is 9.97 Å². The van der Waals surface area contributed by atoms with Crippen molar-refractivity contribution in [2.24, 2.45) is 0 Å². The summed E-state index contributed by atoms with van der Waals surface area (Å²) in [5.74, 6) is 1.11. The van der Waals surface area contributed by atoms with E-state index in [2.05, 4.69) is 65.6 Å². The van der Waals surface area contributed by atoms with Crippen LogP contribution in [0.4, 0.5) is 0 Å². The van der Waals surface area contributed by atoms with E-state index in [1.54, 1.807) is 18.3 Å². The lowest BCUT2D eigenvalue weighted by Crippen LogP contribution is -1.87. The van der Waals surface area contributed by atoms with Crippen LogP contribution in [0.15, 0.2) is 115 Å². The average molecular weight is 431 g/mol. The lowest BCUT2D eigenvalue weighted by Gasteiger charge is -2.08. The van der Waals surface area contributed by atoms with Crippen LogP contribution in [0, 0.1) is 0 Å². The van der Waals surface area contributed by atoms with Gasteiger partial charge in [-0.1, -0.05) is 62.1 Å². The van der Waals surface area contributed by atoms with Gasteiger partial charge in [0.1, 0.15) is 5.75 Å². The predicted octanol–water partition coefficient (Wildman–Crippen LogP) is 8.22. The van der Waals surface area contributed by atoms with E-state index in [0.717, 1.165) is 16.6 Å². The molecule has 1 unspecified atom stereocenters. The Hall–Kier alpha value is -3.94. The molecule has 32 heavy (non-hydrogen) atoms. The normalized spacial score (nSPS) is 12.1. The average Bonchev–Trinajstić information content (AvgIpc) is 3.18. The monoisotopic (exact) mass is 431 g/mol. The van der Waals surface area contributed by atoms with Gasteiger partial charge in [0, 0.05) is 28.7 Å². The quantitative estimate of drug-likeness (QED) is 0.282. The molecule has 0 saturated carbocycles. The van der Waals surface area contributed by atoms with Gasteiger partial charge in [-0.15, -0.1) is 0 Å². The van der Waals surface area contributed by atoms with Crippen molar-refractivity contribution in [3.8, 4) is 28.2 Å². The zero-order chi connectivity index (χ0) is 22.2. The minimum absolute atomic E-state index is 0.372. The molecule has 3 nitrogen and oxygen atoms in total. The fourth-order valence-electron chi connectivity index (χ4n) is 4.11. The van der Waals surface area contributed by atoms with Gasteiger partial charge in [-0.3, -0.25) is 4.98 Å². The molecule has 0 saturated heterocycles. The molecule has 4 heteroatoms. The van der Waals surface area contributed by atoms with Crippen molar-refractivity contribution in [1.29, 1.82) is 0 Å². The highest BCUT2D eigenvalue weighted by molar-refractivity contribution is 7.67. The van der Waals surface area contributed by atoms with Gasteiger partial charge in [-0.05, 0) is 64.4 Å². The molecule has 0 fully saturated rings. The van der Waals surface area contributed by atoms with Crippen LogP contribution < -0.4 is 4.74 Å². The van der Waals surface area contributed by atoms with Crippen LogP contribution in [0.25, 0.3) is 37.6 Å². The topological polar surface area (TPSA) is 35.0 Å². The summed E-state index contributed by atoms with van der Waals surface area (Å²) in [6.07, 6.45) is 3.46. The Morgan fingerprint density at radius 1 is 0.656 bits per heavy atom. The highest BCUT2D eigenvalue weighted by Gasteiger charge is 2.15. The zero-order valence-electron chi connectivity index (χ0n) is 18.1. The molecule has 0 aliphatic heterocycles. The molecule has 3 aromatic heterocycles. The van der Waals surface area contributed by atoms with E-state index in [4.69, 9.17) is 11.1 Å². The highest BCUT2D eigenvalue weighted by atomic mass is 31.1. The standard InChI is InChI=1S/C28H19N2OP/c1-2-11-25-23(10-1)24-15-14-21(19-26(24)32(25)28-13-4-6-17-30-28)20-8-7-9-22(18-20)31-27-12-3-5-16-29-27/h1-19H/i3D. The number of fused-ring (bicyclic) bond motifs is 3. The van der Waals surface area contributed by atoms with Gasteiger partial charge in [0.05, 0.1) is 6.81 Å². The lowest BCUT2D eigenvalue weighted by molar-refractivity contribution is 0.463. The Kier molecular flexibility index (Phi) is 4.40. The Balaban J connectivity index is 1.49. The van der Waals surface area contributed by atoms with E-state index in [9.17, 15) is 0 Å². The molecule has 0 bridgehead atoms. The summed E-state index contributed by atoms with van der Waals surface area (Å²) in [5.41, 5.74) is 3.33. The number of aromatic nitrogens is 2. The number of hydrogen-bond acceptors (Lipinski definition) is 3. The van der Waals surface area contributed by atoms with Gasteiger partial charge in [0.25, 0.3) is 0 Å². The largest absolute Gasteiger partial charge is 0.439 e. The highest BCUT2D eigenvalue weighted by Crippen LogP contribution is 2.54. The molecule has 0 radical (unpaired) electrons. The maximum absolute atomic E-state index is 7.77. The van der Waals surface area contributed by atoms with Crippen molar-refractivity contribution < 1.29 is 6.11 Å². The molecule has 0 spiro atoms. The Morgan fingerprint density at radius 2 is 1.50 bits per heavy atom. The third-order valence-electron chi connectivity index (χ3n) is 5.52. The third kappa shape index (κ3) is 3.33. The first-order valence-corrected chi connectivity index (χ1v) is 11.8. The van der Waals surface area contributed by atoms with E-state index >= 15 is 0 Å². The second kappa shape index (κ2) is 7.96. The van der Waals surface area contributed by atoms with Crippen LogP contribution in [0.1, 0.15) is 1.37 Å². The maximum atomic E-state index is 7.77. The number of rotatable bonds is 4. The third-order valence-corrected chi connectivity index (χ3v) is 7.97. The van der Waals surface area contributed by atoms with Gasteiger partial charge >= 0.3 is 0 Å². The zero-order valence-corrected chi connectivity index (χ0v) is 18.0. The number of hydrogen-bond donors (Lipinski definition) is 0. The van der Waals surface area contributed by atoms with Crippen molar-refractivity contribution in [2.45, 2.75) is 0 Å². The molecule has 0 aliphatic rings. The molecule has 1 atom stereocenters. The Labute approximate surface area is 188 Å². The SMILES string of the molecule is [2H]c1ccnc(Oc2cccc(-c3ccc4c5ccccc5p(-c5ccccn5)c4c3)c2)c1. The van der Waals surface area contributed by atoms with Gasteiger partial charge in [-0.2, -0.15) is 0 Å². The second-order valence-corrected chi connectivity index (χ2v) is 9.59. The van der Waals surface area contributed by atoms with E-state index in [1.807, 2.05) is 30.5 Å². The molecular formula is C28H19N2OP. The smallest absolute Gasteiger partial charge is 0.219 e.